The lowest BCUT2D eigenvalue weighted by molar-refractivity contribution is -0.125. The van der Waals surface area contributed by atoms with Crippen molar-refractivity contribution in [2.75, 3.05) is 31.5 Å². The maximum atomic E-state index is 12.8. The Balaban J connectivity index is 1.18. The van der Waals surface area contributed by atoms with E-state index in [1.807, 2.05) is 18.3 Å². The molecular weight excluding hydrogens is 434 g/mol. The van der Waals surface area contributed by atoms with Crippen molar-refractivity contribution >= 4 is 49.9 Å². The van der Waals surface area contributed by atoms with Gasteiger partial charge in [0.2, 0.25) is 5.91 Å². The van der Waals surface area contributed by atoms with Crippen molar-refractivity contribution in [1.82, 2.24) is 30.4 Å². The summed E-state index contributed by atoms with van der Waals surface area (Å²) in [5.41, 5.74) is 3.27. The zero-order valence-electron chi connectivity index (χ0n) is 18.4. The average molecular weight is 462 g/mol. The maximum absolute atomic E-state index is 12.8. The molecule has 8 nitrogen and oxygen atoms in total. The SMILES string of the molecule is O=C(NCCN1CCCC1)C1CCc2c(sc3ncnc(Nc4ccc5[nH]ncc5c4)c23)C1. The third kappa shape index (κ3) is 4.06. The van der Waals surface area contributed by atoms with E-state index in [4.69, 9.17) is 0 Å². The molecule has 1 unspecified atom stereocenters. The number of anilines is 2. The minimum atomic E-state index is 0.0389. The largest absolute Gasteiger partial charge is 0.355 e. The molecule has 4 aromatic rings. The number of aryl methyl sites for hydroxylation is 1. The predicted octanol–water partition coefficient (Wildman–Crippen LogP) is 3.63. The molecule has 1 fully saturated rings. The van der Waals surface area contributed by atoms with Gasteiger partial charge < -0.3 is 15.5 Å². The first-order valence-electron chi connectivity index (χ1n) is 11.7. The van der Waals surface area contributed by atoms with Gasteiger partial charge in [0.05, 0.1) is 17.1 Å². The van der Waals surface area contributed by atoms with Crippen molar-refractivity contribution in [3.05, 3.63) is 41.2 Å². The Morgan fingerprint density at radius 2 is 2.15 bits per heavy atom. The van der Waals surface area contributed by atoms with Gasteiger partial charge >= 0.3 is 0 Å². The number of aromatic nitrogens is 4. The highest BCUT2D eigenvalue weighted by molar-refractivity contribution is 7.19. The van der Waals surface area contributed by atoms with Crippen molar-refractivity contribution in [3.8, 4) is 0 Å². The number of nitrogens with one attached hydrogen (secondary N) is 3. The number of aromatic amines is 1. The summed E-state index contributed by atoms with van der Waals surface area (Å²) in [6, 6.07) is 6.10. The van der Waals surface area contributed by atoms with Crippen LogP contribution in [0.25, 0.3) is 21.1 Å². The zero-order valence-corrected chi connectivity index (χ0v) is 19.2. The molecule has 0 bridgehead atoms. The summed E-state index contributed by atoms with van der Waals surface area (Å²) < 4.78 is 0. The fourth-order valence-electron chi connectivity index (χ4n) is 5.07. The number of thiophene rings is 1. The molecule has 3 aromatic heterocycles. The van der Waals surface area contributed by atoms with Gasteiger partial charge in [0.25, 0.3) is 0 Å². The Bertz CT molecular complexity index is 1310. The Morgan fingerprint density at radius 3 is 3.06 bits per heavy atom. The first-order chi connectivity index (χ1) is 16.2. The number of carbonyl (C=O) groups excluding carboxylic acids is 1. The highest BCUT2D eigenvalue weighted by Gasteiger charge is 2.29. The molecule has 0 spiro atoms. The number of carbonyl (C=O) groups is 1. The van der Waals surface area contributed by atoms with E-state index < -0.39 is 0 Å². The molecule has 0 radical (unpaired) electrons. The van der Waals surface area contributed by atoms with Crippen LogP contribution >= 0.6 is 11.3 Å². The van der Waals surface area contributed by atoms with Crippen LogP contribution in [-0.4, -0.2) is 57.2 Å². The summed E-state index contributed by atoms with van der Waals surface area (Å²) >= 11 is 1.70. The number of nitrogens with zero attached hydrogens (tertiary/aromatic N) is 4. The molecule has 2 aliphatic rings. The van der Waals surface area contributed by atoms with E-state index >= 15 is 0 Å². The van der Waals surface area contributed by atoms with E-state index in [-0.39, 0.29) is 11.8 Å². The second-order valence-corrected chi connectivity index (χ2v) is 10.1. The quantitative estimate of drug-likeness (QED) is 0.406. The van der Waals surface area contributed by atoms with Gasteiger partial charge in [0.15, 0.2) is 0 Å². The summed E-state index contributed by atoms with van der Waals surface area (Å²) in [7, 11) is 0. The highest BCUT2D eigenvalue weighted by Crippen LogP contribution is 2.40. The fourth-order valence-corrected chi connectivity index (χ4v) is 6.34. The number of amides is 1. The van der Waals surface area contributed by atoms with Gasteiger partial charge in [-0.3, -0.25) is 9.89 Å². The van der Waals surface area contributed by atoms with E-state index in [2.05, 4.69) is 41.8 Å². The van der Waals surface area contributed by atoms with Crippen molar-refractivity contribution < 1.29 is 4.79 Å². The van der Waals surface area contributed by atoms with Gasteiger partial charge in [-0.05, 0) is 69.0 Å². The Hall–Kier alpha value is -3.04. The number of rotatable bonds is 6. The predicted molar refractivity (Wildman–Crippen MR) is 131 cm³/mol. The molecule has 4 heterocycles. The lowest BCUT2D eigenvalue weighted by Gasteiger charge is -2.22. The summed E-state index contributed by atoms with van der Waals surface area (Å²) in [6.45, 7) is 4.03. The fraction of sp³-hybridized carbons (Fsp3) is 0.417. The van der Waals surface area contributed by atoms with E-state index in [1.54, 1.807) is 17.7 Å². The van der Waals surface area contributed by atoms with Gasteiger partial charge in [-0.1, -0.05) is 0 Å². The molecule has 1 amide bonds. The van der Waals surface area contributed by atoms with Crippen LogP contribution in [0.2, 0.25) is 0 Å². The zero-order chi connectivity index (χ0) is 22.2. The summed E-state index contributed by atoms with van der Waals surface area (Å²) in [5.74, 6) is 1.06. The van der Waals surface area contributed by atoms with Crippen LogP contribution in [0.15, 0.2) is 30.7 Å². The molecule has 9 heteroatoms. The van der Waals surface area contributed by atoms with Crippen molar-refractivity contribution in [2.24, 2.45) is 5.92 Å². The Kier molecular flexibility index (Phi) is 5.43. The lowest BCUT2D eigenvalue weighted by atomic mass is 9.87. The van der Waals surface area contributed by atoms with Gasteiger partial charge in [-0.15, -0.1) is 11.3 Å². The summed E-state index contributed by atoms with van der Waals surface area (Å²) in [5, 5.41) is 15.9. The second kappa shape index (κ2) is 8.72. The third-order valence-electron chi connectivity index (χ3n) is 6.85. The lowest BCUT2D eigenvalue weighted by Crippen LogP contribution is -2.38. The van der Waals surface area contributed by atoms with E-state index in [1.165, 1.54) is 23.3 Å². The van der Waals surface area contributed by atoms with Crippen molar-refractivity contribution in [2.45, 2.75) is 32.1 Å². The first-order valence-corrected chi connectivity index (χ1v) is 12.5. The molecule has 1 saturated heterocycles. The molecule has 1 aliphatic heterocycles. The molecule has 1 aliphatic carbocycles. The topological polar surface area (TPSA) is 98.8 Å². The Morgan fingerprint density at radius 1 is 1.24 bits per heavy atom. The number of benzene rings is 1. The number of fused-ring (bicyclic) bond motifs is 4. The van der Waals surface area contributed by atoms with Crippen LogP contribution in [0.4, 0.5) is 11.5 Å². The first kappa shape index (κ1) is 20.6. The van der Waals surface area contributed by atoms with Crippen LogP contribution in [-0.2, 0) is 17.6 Å². The number of H-pyrrole nitrogens is 1. The molecule has 0 saturated carbocycles. The molecule has 3 N–H and O–H groups in total. The molecule has 1 atom stereocenters. The van der Waals surface area contributed by atoms with Gasteiger partial charge in [-0.2, -0.15) is 5.10 Å². The molecule has 1 aromatic carbocycles. The molecule has 33 heavy (non-hydrogen) atoms. The number of likely N-dealkylation sites (tertiary alicyclic amines) is 1. The van der Waals surface area contributed by atoms with E-state index in [0.29, 0.717) is 0 Å². The number of hydrogen-bond acceptors (Lipinski definition) is 7. The van der Waals surface area contributed by atoms with Crippen LogP contribution in [0, 0.1) is 5.92 Å². The van der Waals surface area contributed by atoms with Crippen LogP contribution in [0.5, 0.6) is 0 Å². The van der Waals surface area contributed by atoms with Gasteiger partial charge in [-0.25, -0.2) is 9.97 Å². The molecular formula is C24H27N7OS. The van der Waals surface area contributed by atoms with Crippen molar-refractivity contribution in [1.29, 1.82) is 0 Å². The van der Waals surface area contributed by atoms with E-state index in [9.17, 15) is 4.79 Å². The summed E-state index contributed by atoms with van der Waals surface area (Å²) in [6.07, 6.45) is 8.52. The summed E-state index contributed by atoms with van der Waals surface area (Å²) in [4.78, 5) is 26.6. The number of hydrogen-bond donors (Lipinski definition) is 3. The maximum Gasteiger partial charge on any atom is 0.223 e. The molecule has 6 rings (SSSR count). The monoisotopic (exact) mass is 461 g/mol. The van der Waals surface area contributed by atoms with Crippen molar-refractivity contribution in [3.63, 3.8) is 0 Å². The second-order valence-electron chi connectivity index (χ2n) is 8.98. The van der Waals surface area contributed by atoms with Crippen LogP contribution in [0.3, 0.4) is 0 Å². The Labute approximate surface area is 195 Å². The standard InChI is InChI=1S/C24H27N7OS/c32-23(25-7-10-31-8-1-2-9-31)15-3-5-18-20(12-15)33-24-21(18)22(26-14-27-24)29-17-4-6-19-16(11-17)13-28-30-19/h4,6,11,13-15H,1-3,5,7-10,12H2,(H,25,32)(H,28,30)(H,26,27,29). The third-order valence-corrected chi connectivity index (χ3v) is 8.01. The van der Waals surface area contributed by atoms with Gasteiger partial charge in [0, 0.05) is 35.0 Å². The molecule has 170 valence electrons. The minimum Gasteiger partial charge on any atom is -0.355 e. The average Bonchev–Trinajstić information content (AvgIpc) is 3.58. The smallest absolute Gasteiger partial charge is 0.223 e. The van der Waals surface area contributed by atoms with Gasteiger partial charge in [0.1, 0.15) is 17.0 Å². The van der Waals surface area contributed by atoms with E-state index in [0.717, 1.165) is 78.1 Å². The van der Waals surface area contributed by atoms with Crippen LogP contribution in [0.1, 0.15) is 29.7 Å². The normalized spacial score (nSPS) is 18.6. The highest BCUT2D eigenvalue weighted by atomic mass is 32.1. The minimum absolute atomic E-state index is 0.0389. The van der Waals surface area contributed by atoms with Crippen LogP contribution < -0.4 is 10.6 Å².